The van der Waals surface area contributed by atoms with Crippen LogP contribution in [0.25, 0.3) is 44.2 Å². The van der Waals surface area contributed by atoms with Gasteiger partial charge >= 0.3 is 12.2 Å². The highest BCUT2D eigenvalue weighted by molar-refractivity contribution is 6.07. The number of likely N-dealkylation sites (tertiary alicyclic amines) is 2. The van der Waals surface area contributed by atoms with E-state index in [0.717, 1.165) is 68.3 Å². The molecule has 0 radical (unpaired) electrons. The summed E-state index contributed by atoms with van der Waals surface area (Å²) in [5.74, 6) is 1.61. The number of imidazole rings is 2. The van der Waals surface area contributed by atoms with Crippen LogP contribution in [0, 0.1) is 17.8 Å². The van der Waals surface area contributed by atoms with Crippen molar-refractivity contribution in [1.82, 2.24) is 40.4 Å². The predicted molar refractivity (Wildman–Crippen MR) is 232 cm³/mol. The van der Waals surface area contributed by atoms with E-state index < -0.39 is 24.3 Å². The summed E-state index contributed by atoms with van der Waals surface area (Å²) in [4.78, 5) is 72.8. The molecule has 4 amide bonds. The Morgan fingerprint density at radius 1 is 0.855 bits per heavy atom. The molecule has 328 valence electrons. The van der Waals surface area contributed by atoms with Crippen LogP contribution in [0.4, 0.5) is 9.59 Å². The van der Waals surface area contributed by atoms with Gasteiger partial charge in [0, 0.05) is 36.6 Å². The lowest BCUT2D eigenvalue weighted by Crippen LogP contribution is -2.52. The molecule has 0 bridgehead atoms. The standard InChI is InChI=1S/C46H56N8O8/c1-23(2)38(51-45(57)60-7)43(55)53-20-26(21-59-6)15-36(53)41-47-19-34(49-41)28-10-12-30-29(16-28)22-62-37-18-31-27(17-32(30)37)11-13-33-40(31)50-42(48-33)35-14-9-25(5)54(35)44(56)39(24(3)4)52-46(58)61-8/h10-13,16-19,23-26,35-36,38-39H,9,14-15,20-22H2,1-8H3,(H,47,49)(H,48,50)(H,51,57)(H,52,58). The van der Waals surface area contributed by atoms with E-state index in [1.165, 1.54) is 14.2 Å². The number of alkyl carbamates (subject to hydrolysis) is 2. The number of benzene rings is 3. The molecular formula is C46H56N8O8. The molecule has 0 saturated carbocycles. The number of methoxy groups -OCH3 is 3. The molecule has 0 aliphatic carbocycles. The molecule has 4 N–H and O–H groups in total. The monoisotopic (exact) mass is 848 g/mol. The first-order valence-corrected chi connectivity index (χ1v) is 21.4. The fourth-order valence-electron chi connectivity index (χ4n) is 9.43. The van der Waals surface area contributed by atoms with Crippen LogP contribution in [0.5, 0.6) is 5.75 Å². The van der Waals surface area contributed by atoms with Crippen LogP contribution in [0.3, 0.4) is 0 Å². The molecular weight excluding hydrogens is 793 g/mol. The third-order valence-corrected chi connectivity index (χ3v) is 12.7. The average molecular weight is 849 g/mol. The van der Waals surface area contributed by atoms with Crippen molar-refractivity contribution in [2.45, 2.75) is 90.7 Å². The van der Waals surface area contributed by atoms with Gasteiger partial charge in [-0.05, 0) is 84.4 Å². The van der Waals surface area contributed by atoms with E-state index in [-0.39, 0.29) is 47.7 Å². The molecule has 3 aliphatic heterocycles. The summed E-state index contributed by atoms with van der Waals surface area (Å²) in [7, 11) is 4.23. The molecule has 0 spiro atoms. The smallest absolute Gasteiger partial charge is 0.407 e. The number of hydrogen-bond acceptors (Lipinski definition) is 10. The van der Waals surface area contributed by atoms with E-state index in [1.54, 1.807) is 18.2 Å². The largest absolute Gasteiger partial charge is 0.488 e. The highest BCUT2D eigenvalue weighted by Crippen LogP contribution is 2.44. The molecule has 5 heterocycles. The second-order valence-electron chi connectivity index (χ2n) is 17.5. The summed E-state index contributed by atoms with van der Waals surface area (Å²) in [6.45, 7) is 11.0. The van der Waals surface area contributed by atoms with Crippen LogP contribution in [0.15, 0.2) is 48.7 Å². The van der Waals surface area contributed by atoms with Gasteiger partial charge < -0.3 is 49.3 Å². The number of aromatic amines is 2. The molecule has 16 heteroatoms. The Morgan fingerprint density at radius 2 is 1.58 bits per heavy atom. The van der Waals surface area contributed by atoms with E-state index in [2.05, 4.69) is 57.0 Å². The Labute approximate surface area is 360 Å². The summed E-state index contributed by atoms with van der Waals surface area (Å²) in [5, 5.41) is 7.41. The second kappa shape index (κ2) is 17.3. The second-order valence-corrected chi connectivity index (χ2v) is 17.5. The highest BCUT2D eigenvalue weighted by atomic mass is 16.5. The minimum absolute atomic E-state index is 0.0301. The minimum atomic E-state index is -0.755. The molecule has 3 aromatic carbocycles. The van der Waals surface area contributed by atoms with Crippen molar-refractivity contribution in [2.75, 3.05) is 34.5 Å². The van der Waals surface area contributed by atoms with Crippen molar-refractivity contribution in [3.05, 3.63) is 65.9 Å². The van der Waals surface area contributed by atoms with Crippen molar-refractivity contribution in [2.24, 2.45) is 17.8 Å². The van der Waals surface area contributed by atoms with Crippen molar-refractivity contribution in [3.8, 4) is 28.1 Å². The lowest BCUT2D eigenvalue weighted by Gasteiger charge is -2.32. The normalized spacial score (nSPS) is 20.5. The molecule has 6 atom stereocenters. The highest BCUT2D eigenvalue weighted by Gasteiger charge is 2.43. The first kappa shape index (κ1) is 42.5. The number of amides is 4. The fraction of sp³-hybridized carbons (Fsp3) is 0.478. The van der Waals surface area contributed by atoms with Gasteiger partial charge in [0.2, 0.25) is 11.8 Å². The van der Waals surface area contributed by atoms with Gasteiger partial charge in [-0.3, -0.25) is 9.59 Å². The van der Waals surface area contributed by atoms with Crippen LogP contribution >= 0.6 is 0 Å². The number of hydrogen-bond donors (Lipinski definition) is 4. The number of nitrogens with zero attached hydrogens (tertiary/aromatic N) is 4. The zero-order valence-electron chi connectivity index (χ0n) is 36.5. The Kier molecular flexibility index (Phi) is 11.9. The van der Waals surface area contributed by atoms with Gasteiger partial charge in [-0.2, -0.15) is 0 Å². The zero-order valence-corrected chi connectivity index (χ0v) is 36.5. The summed E-state index contributed by atoms with van der Waals surface area (Å²) in [6, 6.07) is 12.5. The molecule has 16 nitrogen and oxygen atoms in total. The first-order chi connectivity index (χ1) is 29.8. The van der Waals surface area contributed by atoms with Gasteiger partial charge in [0.15, 0.2) is 0 Å². The van der Waals surface area contributed by atoms with Crippen molar-refractivity contribution >= 4 is 45.8 Å². The van der Waals surface area contributed by atoms with Gasteiger partial charge in [0.1, 0.15) is 36.1 Å². The molecule has 6 unspecified atom stereocenters. The minimum Gasteiger partial charge on any atom is -0.488 e. The molecule has 8 rings (SSSR count). The van der Waals surface area contributed by atoms with Crippen LogP contribution in [-0.4, -0.2) is 106 Å². The van der Waals surface area contributed by atoms with Crippen molar-refractivity contribution < 1.29 is 38.1 Å². The SMILES string of the molecule is COCC1CC(c2ncc(-c3ccc4c(c3)COc3cc5c(ccc6[nH]c(C7CCC(C)N7C(=O)C(NC(=O)OC)C(C)C)nc65)cc3-4)[nH]2)N(C(=O)C(NC(=O)OC)C(C)C)C1. The Hall–Kier alpha value is -6.16. The number of aromatic nitrogens is 4. The molecule has 2 saturated heterocycles. The maximum atomic E-state index is 14.0. The number of fused-ring (bicyclic) bond motifs is 6. The van der Waals surface area contributed by atoms with Gasteiger partial charge in [-0.15, -0.1) is 0 Å². The van der Waals surface area contributed by atoms with E-state index in [0.29, 0.717) is 37.8 Å². The van der Waals surface area contributed by atoms with Crippen LogP contribution in [0.2, 0.25) is 0 Å². The average Bonchev–Trinajstić information content (AvgIpc) is 4.09. The number of carbonyl (C=O) groups is 4. The summed E-state index contributed by atoms with van der Waals surface area (Å²) >= 11 is 0. The van der Waals surface area contributed by atoms with E-state index in [4.69, 9.17) is 28.9 Å². The zero-order chi connectivity index (χ0) is 44.0. The van der Waals surface area contributed by atoms with Gasteiger partial charge in [0.25, 0.3) is 0 Å². The quantitative estimate of drug-likeness (QED) is 0.107. The van der Waals surface area contributed by atoms with Crippen LogP contribution < -0.4 is 15.4 Å². The van der Waals surface area contributed by atoms with Crippen molar-refractivity contribution in [1.29, 1.82) is 0 Å². The Bertz CT molecular complexity index is 2510. The maximum Gasteiger partial charge on any atom is 0.407 e. The topological polar surface area (TPSA) is 193 Å². The van der Waals surface area contributed by atoms with Gasteiger partial charge in [-0.1, -0.05) is 45.9 Å². The van der Waals surface area contributed by atoms with Gasteiger partial charge in [0.05, 0.1) is 55.8 Å². The third kappa shape index (κ3) is 7.91. The van der Waals surface area contributed by atoms with E-state index >= 15 is 0 Å². The number of H-pyrrole nitrogens is 2. The number of rotatable bonds is 11. The first-order valence-electron chi connectivity index (χ1n) is 21.4. The number of carbonyl (C=O) groups excluding carboxylic acids is 4. The fourth-order valence-corrected chi connectivity index (χ4v) is 9.43. The molecule has 62 heavy (non-hydrogen) atoms. The number of ether oxygens (including phenoxy) is 4. The lowest BCUT2D eigenvalue weighted by molar-refractivity contribution is -0.137. The van der Waals surface area contributed by atoms with Crippen molar-refractivity contribution in [3.63, 3.8) is 0 Å². The molecule has 2 aromatic heterocycles. The van der Waals surface area contributed by atoms with Crippen LogP contribution in [0.1, 0.15) is 83.2 Å². The summed E-state index contributed by atoms with van der Waals surface area (Å²) < 4.78 is 21.6. The molecule has 3 aliphatic rings. The van der Waals surface area contributed by atoms with E-state index in [1.807, 2.05) is 45.6 Å². The van der Waals surface area contributed by atoms with Gasteiger partial charge in [-0.25, -0.2) is 19.6 Å². The summed E-state index contributed by atoms with van der Waals surface area (Å²) in [6.07, 6.45) is 2.73. The third-order valence-electron chi connectivity index (χ3n) is 12.7. The Balaban J connectivity index is 1.05. The summed E-state index contributed by atoms with van der Waals surface area (Å²) in [5.41, 5.74) is 6.50. The van der Waals surface area contributed by atoms with E-state index in [9.17, 15) is 19.2 Å². The lowest BCUT2D eigenvalue weighted by atomic mass is 9.92. The van der Waals surface area contributed by atoms with Crippen LogP contribution in [-0.2, 0) is 30.4 Å². The molecule has 2 fully saturated rings. The Morgan fingerprint density at radius 3 is 2.27 bits per heavy atom. The maximum absolute atomic E-state index is 14.0. The molecule has 5 aromatic rings. The predicted octanol–water partition coefficient (Wildman–Crippen LogP) is 7.01. The number of nitrogens with one attached hydrogen (secondary N) is 4.